The molecule has 2 heteroatoms. The van der Waals surface area contributed by atoms with E-state index < -0.39 is 133 Å². The first kappa shape index (κ1) is 15.5. The standard InChI is InChI=1S/C51H36N2/c1-2-49-52-47-23-13-14-24-48(47)53(49)42-28-27-36-29-38(26-25-37(36)33-42)50-43-19-9-11-21-45(43)51(46-22-12-10-20-44(46)50)41-31-39(34-15-5-3-6-16-34)30-40(32-41)35-17-7-4-8-18-35/h3-33H,2H2,1H3/i1D3,2D2,3D,4D,5D,6D,7D,8D,9D,10D,11D,12D,15D,16D,17D,18D,19D,20D,21D,22D. The number of fused-ring (bicyclic) bond motifs is 4. The molecule has 10 aromatic rings. The van der Waals surface area contributed by atoms with E-state index in [1.807, 2.05) is 0 Å². The fourth-order valence-corrected chi connectivity index (χ4v) is 6.95. The van der Waals surface area contributed by atoms with Crippen molar-refractivity contribution >= 4 is 43.4 Å². The molecule has 1 aromatic heterocycles. The van der Waals surface area contributed by atoms with E-state index in [-0.39, 0.29) is 60.8 Å². The third-order valence-corrected chi connectivity index (χ3v) is 9.22. The summed E-state index contributed by atoms with van der Waals surface area (Å²) in [4.78, 5) is 4.41. The molecule has 0 spiro atoms. The van der Waals surface area contributed by atoms with Crippen molar-refractivity contribution in [3.8, 4) is 50.2 Å². The average Bonchev–Trinajstić information content (AvgIpc) is 3.82. The maximum Gasteiger partial charge on any atom is 0.114 e. The lowest BCUT2D eigenvalue weighted by molar-refractivity contribution is 0.909. The Hall–Kier alpha value is -6.77. The molecule has 1 heterocycles. The second-order valence-electron chi connectivity index (χ2n) is 12.2. The van der Waals surface area contributed by atoms with Crippen LogP contribution in [0.15, 0.2) is 188 Å². The summed E-state index contributed by atoms with van der Waals surface area (Å²) in [6.45, 7) is -3.11. The summed E-state index contributed by atoms with van der Waals surface area (Å²) >= 11 is 0. The second kappa shape index (κ2) is 12.8. The van der Waals surface area contributed by atoms with Gasteiger partial charge in [-0.25, -0.2) is 4.98 Å². The largest absolute Gasteiger partial charge is 0.296 e. The van der Waals surface area contributed by atoms with Crippen LogP contribution in [0.4, 0.5) is 0 Å². The van der Waals surface area contributed by atoms with Crippen LogP contribution in [0.5, 0.6) is 0 Å². The van der Waals surface area contributed by atoms with Gasteiger partial charge in [0.05, 0.1) is 35.7 Å². The quantitative estimate of drug-likeness (QED) is 0.158. The van der Waals surface area contributed by atoms with Crippen LogP contribution in [0.1, 0.15) is 44.2 Å². The molecule has 0 atom stereocenters. The van der Waals surface area contributed by atoms with Gasteiger partial charge in [0.2, 0.25) is 0 Å². The minimum atomic E-state index is -3.11. The van der Waals surface area contributed by atoms with Crippen LogP contribution < -0.4 is 0 Å². The molecule has 0 amide bonds. The number of imidazole rings is 1. The monoisotopic (exact) mass is 699 g/mol. The van der Waals surface area contributed by atoms with E-state index in [4.69, 9.17) is 26.0 Å². The number of aryl methyl sites for hydroxylation is 1. The SMILES string of the molecule is [2H]c1c([2H])c([2H])c(-c2cc(-c3c([2H])c([2H])c([2H])c([2H])c3[2H])cc(-c3c4c([2H])c([2H])c([2H])c([2H])c4c(-c4ccc5cc(-n6c(C([2H])([2H])C([2H])([2H])[2H])nc7ccccc76)ccc5c4)c4c([2H])c([2H])c([2H])c([2H])c34)c2)c([2H])c1[2H]. The smallest absolute Gasteiger partial charge is 0.114 e. The second-order valence-corrected chi connectivity index (χ2v) is 12.2. The summed E-state index contributed by atoms with van der Waals surface area (Å²) < 4.78 is 203. The molecular formula is C51H36N2. The van der Waals surface area contributed by atoms with Crippen molar-refractivity contribution in [2.45, 2.75) is 13.2 Å². The maximum atomic E-state index is 9.57. The number of nitrogens with zero attached hydrogens (tertiary/aromatic N) is 2. The van der Waals surface area contributed by atoms with Gasteiger partial charge in [0.25, 0.3) is 0 Å². The molecule has 0 aliphatic heterocycles. The summed E-state index contributed by atoms with van der Waals surface area (Å²) in [5.74, 6) is -0.370. The molecule has 0 saturated heterocycles. The zero-order chi connectivity index (χ0) is 55.3. The van der Waals surface area contributed by atoms with Gasteiger partial charge in [0, 0.05) is 18.9 Å². The Kier molecular flexibility index (Phi) is 3.72. The molecule has 53 heavy (non-hydrogen) atoms. The van der Waals surface area contributed by atoms with E-state index in [0.29, 0.717) is 27.5 Å². The van der Waals surface area contributed by atoms with Gasteiger partial charge in [0.1, 0.15) is 5.82 Å². The first-order valence-corrected chi connectivity index (χ1v) is 16.4. The molecule has 0 unspecified atom stereocenters. The van der Waals surface area contributed by atoms with Gasteiger partial charge in [0.15, 0.2) is 0 Å². The molecule has 0 saturated carbocycles. The maximum absolute atomic E-state index is 9.57. The fraction of sp³-hybridized carbons (Fsp3) is 0.0392. The molecular weight excluding hydrogens is 641 g/mol. The Balaban J connectivity index is 1.34. The van der Waals surface area contributed by atoms with Crippen LogP contribution in [0.2, 0.25) is 0 Å². The van der Waals surface area contributed by atoms with Crippen LogP contribution in [-0.2, 0) is 6.37 Å². The highest BCUT2D eigenvalue weighted by atomic mass is 15.1. The minimum absolute atomic E-state index is 0.0555. The number of rotatable bonds is 6. The lowest BCUT2D eigenvalue weighted by Gasteiger charge is -2.19. The summed E-state index contributed by atoms with van der Waals surface area (Å²) in [6, 6.07) is 7.48. The predicted octanol–water partition coefficient (Wildman–Crippen LogP) is 13.7. The van der Waals surface area contributed by atoms with Crippen LogP contribution >= 0.6 is 0 Å². The van der Waals surface area contributed by atoms with E-state index in [1.54, 1.807) is 60.7 Å². The van der Waals surface area contributed by atoms with Crippen molar-refractivity contribution in [2.24, 2.45) is 0 Å². The molecule has 10 rings (SSSR count). The van der Waals surface area contributed by atoms with Crippen molar-refractivity contribution in [3.05, 3.63) is 193 Å². The average molecular weight is 700 g/mol. The van der Waals surface area contributed by atoms with E-state index in [9.17, 15) is 5.48 Å². The predicted molar refractivity (Wildman–Crippen MR) is 225 cm³/mol. The molecule has 0 radical (unpaired) electrons. The zero-order valence-electron chi connectivity index (χ0n) is 50.4. The number of hydrogen-bond donors (Lipinski definition) is 0. The minimum Gasteiger partial charge on any atom is -0.296 e. The third-order valence-electron chi connectivity index (χ3n) is 9.22. The molecule has 0 aliphatic carbocycles. The van der Waals surface area contributed by atoms with Gasteiger partial charge < -0.3 is 0 Å². The van der Waals surface area contributed by atoms with Gasteiger partial charge in [-0.1, -0.05) is 146 Å². The van der Waals surface area contributed by atoms with Crippen LogP contribution in [-0.4, -0.2) is 9.55 Å². The lowest BCUT2D eigenvalue weighted by atomic mass is 9.84. The van der Waals surface area contributed by atoms with Crippen molar-refractivity contribution in [1.82, 2.24) is 9.55 Å². The Labute approximate surface area is 341 Å². The van der Waals surface area contributed by atoms with Gasteiger partial charge in [-0.3, -0.25) is 4.57 Å². The molecule has 0 fully saturated rings. The van der Waals surface area contributed by atoms with E-state index in [1.165, 1.54) is 22.8 Å². The van der Waals surface area contributed by atoms with Crippen molar-refractivity contribution in [1.29, 1.82) is 0 Å². The van der Waals surface area contributed by atoms with Gasteiger partial charge in [-0.15, -0.1) is 0 Å². The molecule has 9 aromatic carbocycles. The molecule has 0 N–H and O–H groups in total. The van der Waals surface area contributed by atoms with Crippen LogP contribution in [0, 0.1) is 0 Å². The van der Waals surface area contributed by atoms with E-state index in [2.05, 4.69) is 4.98 Å². The first-order chi connectivity index (χ1) is 35.6. The third kappa shape index (κ3) is 5.30. The Morgan fingerprint density at radius 2 is 1.04 bits per heavy atom. The van der Waals surface area contributed by atoms with E-state index >= 15 is 0 Å². The number of aromatic nitrogens is 2. The highest BCUT2D eigenvalue weighted by Gasteiger charge is 2.19. The molecule has 0 aliphatic rings. The van der Waals surface area contributed by atoms with Gasteiger partial charge in [-0.05, 0) is 125 Å². The van der Waals surface area contributed by atoms with Crippen molar-refractivity contribution in [2.75, 3.05) is 0 Å². The number of para-hydroxylation sites is 2. The Morgan fingerprint density at radius 1 is 0.509 bits per heavy atom. The summed E-state index contributed by atoms with van der Waals surface area (Å²) in [5, 5.41) is -0.0442. The first-order valence-electron chi connectivity index (χ1n) is 27.9. The lowest BCUT2D eigenvalue weighted by Crippen LogP contribution is -2.00. The molecule has 2 nitrogen and oxygen atoms in total. The summed E-state index contributed by atoms with van der Waals surface area (Å²) in [6.07, 6.45) is -2.90. The van der Waals surface area contributed by atoms with Crippen LogP contribution in [0.3, 0.4) is 0 Å². The van der Waals surface area contributed by atoms with E-state index in [0.717, 1.165) is 0 Å². The fourth-order valence-electron chi connectivity index (χ4n) is 6.95. The summed E-state index contributed by atoms with van der Waals surface area (Å²) in [7, 11) is 0. The Morgan fingerprint density at radius 3 is 1.66 bits per heavy atom. The van der Waals surface area contributed by atoms with Crippen LogP contribution in [0.25, 0.3) is 93.5 Å². The van der Waals surface area contributed by atoms with Gasteiger partial charge >= 0.3 is 0 Å². The summed E-state index contributed by atoms with van der Waals surface area (Å²) in [5.41, 5.74) is -0.307. The zero-order valence-corrected chi connectivity index (χ0v) is 27.4. The molecule has 0 bridgehead atoms. The number of benzene rings is 9. The Bertz CT molecular complexity index is 4010. The van der Waals surface area contributed by atoms with Gasteiger partial charge in [-0.2, -0.15) is 0 Å². The van der Waals surface area contributed by atoms with Crippen molar-refractivity contribution in [3.63, 3.8) is 0 Å². The highest BCUT2D eigenvalue weighted by Crippen LogP contribution is 2.45. The van der Waals surface area contributed by atoms with Crippen molar-refractivity contribution < 1.29 is 31.5 Å². The topological polar surface area (TPSA) is 17.8 Å². The highest BCUT2D eigenvalue weighted by molar-refractivity contribution is 6.22. The normalized spacial score (nSPS) is 18.2. The number of hydrogen-bond acceptors (Lipinski definition) is 1. The molecule has 250 valence electrons.